The van der Waals surface area contributed by atoms with Crippen molar-refractivity contribution < 1.29 is 19.8 Å². The van der Waals surface area contributed by atoms with Crippen LogP contribution in [0.4, 0.5) is 0 Å². The van der Waals surface area contributed by atoms with Crippen molar-refractivity contribution in [2.45, 2.75) is 74.7 Å². The van der Waals surface area contributed by atoms with Crippen molar-refractivity contribution in [3.05, 3.63) is 0 Å². The molecule has 9 heteroatoms. The number of hydrogen-bond donors (Lipinski definition) is 0. The van der Waals surface area contributed by atoms with Crippen LogP contribution in [0.5, 0.6) is 0 Å². The maximum atomic E-state index is 10.1. The molecule has 0 aromatic rings. The normalized spacial score (nSPS) is 21.9. The van der Waals surface area contributed by atoms with E-state index in [1.165, 1.54) is 37.2 Å². The van der Waals surface area contributed by atoms with Crippen molar-refractivity contribution >= 4 is 78.2 Å². The molecular formula is C16H26MgO4S4. The Morgan fingerprint density at radius 1 is 0.760 bits per heavy atom. The second-order valence-electron chi connectivity index (χ2n) is 5.89. The number of carbonyl (C=O) groups excluding carboxylic acids is 2. The molecule has 0 amide bonds. The molecule has 2 rings (SSSR count). The Bertz CT molecular complexity index is 328. The first-order valence-corrected chi connectivity index (χ1v) is 13.3. The predicted octanol–water partition coefficient (Wildman–Crippen LogP) is 2.52. The van der Waals surface area contributed by atoms with Gasteiger partial charge in [-0.15, -0.1) is 0 Å². The van der Waals surface area contributed by atoms with Gasteiger partial charge in [0.2, 0.25) is 0 Å². The molecule has 0 spiro atoms. The fourth-order valence-electron chi connectivity index (χ4n) is 2.41. The van der Waals surface area contributed by atoms with Gasteiger partial charge < -0.3 is 19.8 Å². The number of carboxylic acids is 2. The van der Waals surface area contributed by atoms with Crippen molar-refractivity contribution in [2.75, 3.05) is 11.5 Å². The zero-order valence-electron chi connectivity index (χ0n) is 14.6. The number of carboxylic acid groups (broad SMARTS) is 2. The van der Waals surface area contributed by atoms with Crippen molar-refractivity contribution in [2.24, 2.45) is 0 Å². The van der Waals surface area contributed by atoms with Crippen LogP contribution in [0.1, 0.15) is 64.2 Å². The van der Waals surface area contributed by atoms with Crippen LogP contribution in [0.25, 0.3) is 0 Å². The van der Waals surface area contributed by atoms with Gasteiger partial charge in [0, 0.05) is 33.9 Å². The minimum Gasteiger partial charge on any atom is -0.550 e. The second kappa shape index (κ2) is 17.2. The largest absolute Gasteiger partial charge is 2.00 e. The van der Waals surface area contributed by atoms with Crippen LogP contribution in [-0.2, 0) is 9.59 Å². The third-order valence-electron chi connectivity index (χ3n) is 3.77. The standard InChI is InChI=1S/2C8H14O2S2.Mg/c2*9-8(10)4-2-1-3-7-5-6-11-12-7;/h2*7H,1-6H2,(H,9,10);/q;;+2/p-2/t2*7-;/m00./s1. The molecule has 2 heterocycles. The Hall–Kier alpha value is 1.11. The molecule has 4 nitrogen and oxygen atoms in total. The fraction of sp³-hybridized carbons (Fsp3) is 0.875. The average Bonchev–Trinajstić information content (AvgIpc) is 3.22. The minimum absolute atomic E-state index is 0. The van der Waals surface area contributed by atoms with E-state index in [0.29, 0.717) is 0 Å². The van der Waals surface area contributed by atoms with Gasteiger partial charge in [-0.1, -0.05) is 56.0 Å². The summed E-state index contributed by atoms with van der Waals surface area (Å²) in [5.74, 6) is 0.693. The quantitative estimate of drug-likeness (QED) is 0.295. The van der Waals surface area contributed by atoms with E-state index in [0.717, 1.165) is 36.2 Å². The van der Waals surface area contributed by atoms with Crippen LogP contribution in [0.15, 0.2) is 0 Å². The Morgan fingerprint density at radius 2 is 1.16 bits per heavy atom. The van der Waals surface area contributed by atoms with E-state index in [-0.39, 0.29) is 35.9 Å². The maximum Gasteiger partial charge on any atom is 2.00 e. The van der Waals surface area contributed by atoms with Gasteiger partial charge in [0.15, 0.2) is 0 Å². The molecule has 2 aliphatic heterocycles. The van der Waals surface area contributed by atoms with Crippen LogP contribution < -0.4 is 10.2 Å². The summed E-state index contributed by atoms with van der Waals surface area (Å²) < 4.78 is 0. The summed E-state index contributed by atoms with van der Waals surface area (Å²) in [5.41, 5.74) is 0. The Morgan fingerprint density at radius 3 is 1.44 bits per heavy atom. The smallest absolute Gasteiger partial charge is 0.550 e. The summed E-state index contributed by atoms with van der Waals surface area (Å²) in [6.45, 7) is 0. The average molecular weight is 435 g/mol. The van der Waals surface area contributed by atoms with Gasteiger partial charge in [0.05, 0.1) is 0 Å². The molecule has 2 fully saturated rings. The molecule has 0 radical (unpaired) electrons. The molecule has 0 saturated carbocycles. The minimum atomic E-state index is -0.913. The third kappa shape index (κ3) is 15.8. The van der Waals surface area contributed by atoms with Gasteiger partial charge in [0.25, 0.3) is 0 Å². The first kappa shape index (κ1) is 26.1. The van der Waals surface area contributed by atoms with Gasteiger partial charge in [-0.2, -0.15) is 0 Å². The molecule has 2 saturated heterocycles. The van der Waals surface area contributed by atoms with E-state index in [1.807, 2.05) is 43.2 Å². The van der Waals surface area contributed by atoms with Crippen molar-refractivity contribution in [1.29, 1.82) is 0 Å². The first-order chi connectivity index (χ1) is 11.6. The van der Waals surface area contributed by atoms with Gasteiger partial charge in [-0.25, -0.2) is 0 Å². The van der Waals surface area contributed by atoms with Crippen molar-refractivity contribution in [3.8, 4) is 0 Å². The third-order valence-corrected chi connectivity index (χ3v) is 9.78. The predicted molar refractivity (Wildman–Crippen MR) is 110 cm³/mol. The number of unbranched alkanes of at least 4 members (excludes halogenated alkanes) is 2. The molecule has 0 unspecified atom stereocenters. The SMILES string of the molecule is O=C([O-])CCCC[C@H]1CCSS1.O=C([O-])CCCC[C@H]1CCSS1.[Mg+2]. The first-order valence-electron chi connectivity index (χ1n) is 8.54. The van der Waals surface area contributed by atoms with E-state index in [1.54, 1.807) is 0 Å². The summed E-state index contributed by atoms with van der Waals surface area (Å²) >= 11 is 0. The van der Waals surface area contributed by atoms with Gasteiger partial charge in [-0.3, -0.25) is 0 Å². The Labute approximate surface area is 183 Å². The number of carbonyl (C=O) groups is 2. The summed E-state index contributed by atoms with van der Waals surface area (Å²) in [5, 5.41) is 21.7. The summed E-state index contributed by atoms with van der Waals surface area (Å²) in [6.07, 6.45) is 9.01. The topological polar surface area (TPSA) is 80.3 Å². The summed E-state index contributed by atoms with van der Waals surface area (Å²) in [6, 6.07) is 0. The molecule has 0 aromatic heterocycles. The molecule has 0 aliphatic carbocycles. The van der Waals surface area contributed by atoms with E-state index in [4.69, 9.17) is 0 Å². The summed E-state index contributed by atoms with van der Waals surface area (Å²) in [7, 11) is 7.78. The van der Waals surface area contributed by atoms with Gasteiger partial charge in [0.1, 0.15) is 0 Å². The second-order valence-corrected chi connectivity index (χ2v) is 11.5. The Balaban J connectivity index is 0.000000443. The number of hydrogen-bond acceptors (Lipinski definition) is 8. The molecule has 0 aromatic carbocycles. The molecule has 2 atom stereocenters. The van der Waals surface area contributed by atoms with Crippen LogP contribution in [0.2, 0.25) is 0 Å². The van der Waals surface area contributed by atoms with E-state index >= 15 is 0 Å². The van der Waals surface area contributed by atoms with Crippen LogP contribution in [0, 0.1) is 0 Å². The van der Waals surface area contributed by atoms with Crippen molar-refractivity contribution in [1.82, 2.24) is 0 Å². The van der Waals surface area contributed by atoms with Gasteiger partial charge in [-0.05, 0) is 51.4 Å². The molecule has 140 valence electrons. The molecule has 0 N–H and O–H groups in total. The molecular weight excluding hydrogens is 409 g/mol. The summed E-state index contributed by atoms with van der Waals surface area (Å²) in [4.78, 5) is 20.1. The maximum absolute atomic E-state index is 10.1. The van der Waals surface area contributed by atoms with Crippen LogP contribution >= 0.6 is 43.2 Å². The monoisotopic (exact) mass is 434 g/mol. The van der Waals surface area contributed by atoms with Gasteiger partial charge >= 0.3 is 23.1 Å². The van der Waals surface area contributed by atoms with E-state index < -0.39 is 11.9 Å². The molecule has 2 aliphatic rings. The Kier molecular flexibility index (Phi) is 18.0. The molecule has 25 heavy (non-hydrogen) atoms. The van der Waals surface area contributed by atoms with Crippen molar-refractivity contribution in [3.63, 3.8) is 0 Å². The number of rotatable bonds is 10. The zero-order valence-corrected chi connectivity index (χ0v) is 19.3. The van der Waals surface area contributed by atoms with E-state index in [2.05, 4.69) is 0 Å². The van der Waals surface area contributed by atoms with Crippen LogP contribution in [-0.4, -0.2) is 57.0 Å². The van der Waals surface area contributed by atoms with Crippen LogP contribution in [0.3, 0.4) is 0 Å². The fourth-order valence-corrected chi connectivity index (χ4v) is 8.47. The molecule has 0 bridgehead atoms. The zero-order chi connectivity index (χ0) is 17.6. The van der Waals surface area contributed by atoms with E-state index in [9.17, 15) is 19.8 Å². The number of aliphatic carboxylic acids is 2.